The van der Waals surface area contributed by atoms with Gasteiger partial charge in [-0.05, 0) is 19.0 Å². The quantitative estimate of drug-likeness (QED) is 0.922. The first kappa shape index (κ1) is 11.7. The standard InChI is InChI=1S/C14H16N2OS/c15-7-5-10-9-18-14(16-10)12-6-8-17-13-4-2-1-3-11(12)13/h1-4,9,12H,5-8,15H2. The minimum atomic E-state index is 0.381. The summed E-state index contributed by atoms with van der Waals surface area (Å²) in [6.07, 6.45) is 1.87. The van der Waals surface area contributed by atoms with Crippen molar-refractivity contribution in [2.75, 3.05) is 13.2 Å². The Balaban J connectivity index is 1.92. The number of nitrogens with two attached hydrogens (primary N) is 1. The fraction of sp³-hybridized carbons (Fsp3) is 0.357. The summed E-state index contributed by atoms with van der Waals surface area (Å²) in [5.74, 6) is 1.38. The molecule has 2 heterocycles. The van der Waals surface area contributed by atoms with Crippen LogP contribution in [0.2, 0.25) is 0 Å². The molecule has 0 saturated carbocycles. The Morgan fingerprint density at radius 1 is 1.39 bits per heavy atom. The summed E-state index contributed by atoms with van der Waals surface area (Å²) in [6, 6.07) is 8.26. The molecular weight excluding hydrogens is 244 g/mol. The number of aromatic nitrogens is 1. The lowest BCUT2D eigenvalue weighted by Gasteiger charge is -2.24. The van der Waals surface area contributed by atoms with Crippen molar-refractivity contribution in [3.8, 4) is 5.75 Å². The molecule has 0 bridgehead atoms. The third-order valence-electron chi connectivity index (χ3n) is 3.23. The number of benzene rings is 1. The molecule has 1 aromatic carbocycles. The molecule has 0 amide bonds. The SMILES string of the molecule is NCCc1csc(C2CCOc3ccccc32)n1. The van der Waals surface area contributed by atoms with E-state index >= 15 is 0 Å². The monoisotopic (exact) mass is 260 g/mol. The van der Waals surface area contributed by atoms with E-state index in [0.717, 1.165) is 30.9 Å². The Labute approximate surface area is 111 Å². The van der Waals surface area contributed by atoms with Crippen LogP contribution in [0.25, 0.3) is 0 Å². The lowest BCUT2D eigenvalue weighted by molar-refractivity contribution is 0.277. The van der Waals surface area contributed by atoms with Gasteiger partial charge in [0, 0.05) is 23.3 Å². The number of ether oxygens (including phenoxy) is 1. The van der Waals surface area contributed by atoms with Crippen LogP contribution in [0.5, 0.6) is 5.75 Å². The smallest absolute Gasteiger partial charge is 0.123 e. The second-order valence-electron chi connectivity index (χ2n) is 4.44. The second-order valence-corrected chi connectivity index (χ2v) is 5.33. The van der Waals surface area contributed by atoms with Gasteiger partial charge in [0.25, 0.3) is 0 Å². The molecule has 3 rings (SSSR count). The minimum Gasteiger partial charge on any atom is -0.493 e. The van der Waals surface area contributed by atoms with E-state index in [9.17, 15) is 0 Å². The largest absolute Gasteiger partial charge is 0.493 e. The predicted octanol–water partition coefficient (Wildman–Crippen LogP) is 2.56. The zero-order valence-electron chi connectivity index (χ0n) is 10.1. The number of fused-ring (bicyclic) bond motifs is 1. The molecular formula is C14H16N2OS. The third kappa shape index (κ3) is 2.13. The first-order valence-electron chi connectivity index (χ1n) is 6.24. The average molecular weight is 260 g/mol. The van der Waals surface area contributed by atoms with E-state index in [1.165, 1.54) is 10.6 Å². The van der Waals surface area contributed by atoms with Gasteiger partial charge in [0.15, 0.2) is 0 Å². The Bertz CT molecular complexity index is 538. The molecule has 0 radical (unpaired) electrons. The van der Waals surface area contributed by atoms with E-state index in [-0.39, 0.29) is 0 Å². The van der Waals surface area contributed by atoms with Gasteiger partial charge in [0.05, 0.1) is 12.3 Å². The van der Waals surface area contributed by atoms with Crippen LogP contribution in [0.3, 0.4) is 0 Å². The fourth-order valence-electron chi connectivity index (χ4n) is 2.34. The number of hydrogen-bond donors (Lipinski definition) is 1. The van der Waals surface area contributed by atoms with Gasteiger partial charge in [0.1, 0.15) is 10.8 Å². The molecule has 3 nitrogen and oxygen atoms in total. The van der Waals surface area contributed by atoms with Crippen LogP contribution in [-0.4, -0.2) is 18.1 Å². The van der Waals surface area contributed by atoms with Crippen LogP contribution >= 0.6 is 11.3 Å². The van der Waals surface area contributed by atoms with E-state index in [1.807, 2.05) is 12.1 Å². The number of nitrogens with zero attached hydrogens (tertiary/aromatic N) is 1. The van der Waals surface area contributed by atoms with E-state index in [0.29, 0.717) is 12.5 Å². The Kier molecular flexibility index (Phi) is 3.30. The molecule has 1 aliphatic heterocycles. The summed E-state index contributed by atoms with van der Waals surface area (Å²) >= 11 is 1.74. The lowest BCUT2D eigenvalue weighted by atomic mass is 9.94. The van der Waals surface area contributed by atoms with Gasteiger partial charge in [0.2, 0.25) is 0 Å². The summed E-state index contributed by atoms with van der Waals surface area (Å²) in [5, 5.41) is 3.31. The molecule has 1 aromatic heterocycles. The molecule has 0 spiro atoms. The Morgan fingerprint density at radius 2 is 2.28 bits per heavy atom. The fourth-order valence-corrected chi connectivity index (χ4v) is 3.35. The zero-order valence-corrected chi connectivity index (χ0v) is 11.0. The van der Waals surface area contributed by atoms with Crippen molar-refractivity contribution in [2.45, 2.75) is 18.8 Å². The summed E-state index contributed by atoms with van der Waals surface area (Å²) in [7, 11) is 0. The van der Waals surface area contributed by atoms with Crippen LogP contribution < -0.4 is 10.5 Å². The second kappa shape index (κ2) is 5.08. The number of thiazole rings is 1. The lowest BCUT2D eigenvalue weighted by Crippen LogP contribution is -2.15. The summed E-state index contributed by atoms with van der Waals surface area (Å²) in [4.78, 5) is 4.71. The molecule has 0 saturated heterocycles. The van der Waals surface area contributed by atoms with Crippen molar-refractivity contribution < 1.29 is 4.74 Å². The van der Waals surface area contributed by atoms with Crippen molar-refractivity contribution in [1.29, 1.82) is 0 Å². The molecule has 4 heteroatoms. The first-order chi connectivity index (χ1) is 8.88. The van der Waals surface area contributed by atoms with Gasteiger partial charge >= 0.3 is 0 Å². The summed E-state index contributed by atoms with van der Waals surface area (Å²) in [5.41, 5.74) is 7.94. The first-order valence-corrected chi connectivity index (χ1v) is 7.12. The highest BCUT2D eigenvalue weighted by Crippen LogP contribution is 2.38. The average Bonchev–Trinajstić information content (AvgIpc) is 2.87. The Hall–Kier alpha value is -1.39. The number of para-hydroxylation sites is 1. The number of hydrogen-bond acceptors (Lipinski definition) is 4. The van der Waals surface area contributed by atoms with Crippen molar-refractivity contribution >= 4 is 11.3 Å². The maximum absolute atomic E-state index is 5.69. The van der Waals surface area contributed by atoms with Crippen molar-refractivity contribution in [1.82, 2.24) is 4.98 Å². The van der Waals surface area contributed by atoms with Gasteiger partial charge in [-0.2, -0.15) is 0 Å². The molecule has 1 unspecified atom stereocenters. The highest BCUT2D eigenvalue weighted by molar-refractivity contribution is 7.09. The molecule has 18 heavy (non-hydrogen) atoms. The molecule has 94 valence electrons. The maximum Gasteiger partial charge on any atom is 0.123 e. The summed E-state index contributed by atoms with van der Waals surface area (Å²) < 4.78 is 5.69. The van der Waals surface area contributed by atoms with Crippen LogP contribution in [0.1, 0.15) is 28.6 Å². The third-order valence-corrected chi connectivity index (χ3v) is 4.23. The van der Waals surface area contributed by atoms with Crippen LogP contribution in [-0.2, 0) is 6.42 Å². The predicted molar refractivity (Wildman–Crippen MR) is 73.3 cm³/mol. The van der Waals surface area contributed by atoms with E-state index in [4.69, 9.17) is 15.5 Å². The topological polar surface area (TPSA) is 48.1 Å². The molecule has 2 N–H and O–H groups in total. The van der Waals surface area contributed by atoms with E-state index in [2.05, 4.69) is 17.5 Å². The van der Waals surface area contributed by atoms with Crippen LogP contribution in [0, 0.1) is 0 Å². The van der Waals surface area contributed by atoms with E-state index in [1.54, 1.807) is 11.3 Å². The molecule has 2 aromatic rings. The van der Waals surface area contributed by atoms with Crippen molar-refractivity contribution in [2.24, 2.45) is 5.73 Å². The molecule has 0 fully saturated rings. The van der Waals surface area contributed by atoms with E-state index < -0.39 is 0 Å². The molecule has 1 aliphatic rings. The van der Waals surface area contributed by atoms with Crippen molar-refractivity contribution in [3.05, 3.63) is 45.9 Å². The molecule has 1 atom stereocenters. The summed E-state index contributed by atoms with van der Waals surface area (Å²) in [6.45, 7) is 1.43. The number of rotatable bonds is 3. The van der Waals surface area contributed by atoms with Gasteiger partial charge in [-0.25, -0.2) is 4.98 Å². The van der Waals surface area contributed by atoms with Crippen LogP contribution in [0.15, 0.2) is 29.6 Å². The van der Waals surface area contributed by atoms with Gasteiger partial charge in [-0.1, -0.05) is 18.2 Å². The van der Waals surface area contributed by atoms with Crippen LogP contribution in [0.4, 0.5) is 0 Å². The Morgan fingerprint density at radius 3 is 3.17 bits per heavy atom. The minimum absolute atomic E-state index is 0.381. The maximum atomic E-state index is 5.69. The zero-order chi connectivity index (χ0) is 12.4. The van der Waals surface area contributed by atoms with Gasteiger partial charge in [-0.3, -0.25) is 0 Å². The van der Waals surface area contributed by atoms with Gasteiger partial charge in [-0.15, -0.1) is 11.3 Å². The highest BCUT2D eigenvalue weighted by Gasteiger charge is 2.24. The van der Waals surface area contributed by atoms with Gasteiger partial charge < -0.3 is 10.5 Å². The molecule has 0 aliphatic carbocycles. The van der Waals surface area contributed by atoms with Crippen molar-refractivity contribution in [3.63, 3.8) is 0 Å². The normalized spacial score (nSPS) is 18.2. The highest BCUT2D eigenvalue weighted by atomic mass is 32.1.